The molecule has 1 aliphatic heterocycles. The number of hydrogen-bond donors (Lipinski definition) is 0. The van der Waals surface area contributed by atoms with E-state index in [1.807, 2.05) is 20.8 Å². The molecule has 19 heavy (non-hydrogen) atoms. The van der Waals surface area contributed by atoms with Gasteiger partial charge in [-0.05, 0) is 45.4 Å². The smallest absolute Gasteiger partial charge is 0.410 e. The normalized spacial score (nSPS) is 25.0. The van der Waals surface area contributed by atoms with E-state index in [-0.39, 0.29) is 18.9 Å². The quantitative estimate of drug-likeness (QED) is 0.730. The van der Waals surface area contributed by atoms with Gasteiger partial charge in [-0.25, -0.2) is 13.6 Å². The zero-order chi connectivity index (χ0) is 14.3. The van der Waals surface area contributed by atoms with Crippen molar-refractivity contribution in [2.45, 2.75) is 58.0 Å². The molecule has 0 N–H and O–H groups in total. The molecule has 0 radical (unpaired) electrons. The fourth-order valence-electron chi connectivity index (χ4n) is 2.82. The molecular weight excluding hydrogens is 252 g/mol. The first-order valence-electron chi connectivity index (χ1n) is 7.02. The largest absolute Gasteiger partial charge is 0.444 e. The Balaban J connectivity index is 1.73. The Bertz CT molecular complexity index is 336. The lowest BCUT2D eigenvalue weighted by Gasteiger charge is -2.45. The third-order valence-corrected chi connectivity index (χ3v) is 3.99. The molecule has 0 aromatic rings. The standard InChI is InChI=1S/C14H23F2NO2/c1-13(2,3)19-12(18)17-8-11(9-17)10-4-6-14(15,16)7-5-10/h10-11H,4-9H2,1-3H3. The molecule has 2 fully saturated rings. The second-order valence-electron chi connectivity index (χ2n) is 6.84. The average molecular weight is 275 g/mol. The number of carbonyl (C=O) groups is 1. The first-order valence-corrected chi connectivity index (χ1v) is 7.02. The van der Waals surface area contributed by atoms with Crippen molar-refractivity contribution in [3.05, 3.63) is 0 Å². The maximum atomic E-state index is 13.1. The zero-order valence-electron chi connectivity index (χ0n) is 11.9. The maximum absolute atomic E-state index is 13.1. The van der Waals surface area contributed by atoms with Crippen molar-refractivity contribution >= 4 is 6.09 Å². The van der Waals surface area contributed by atoms with E-state index in [0.717, 1.165) is 0 Å². The van der Waals surface area contributed by atoms with Crippen LogP contribution in [0, 0.1) is 11.8 Å². The lowest BCUT2D eigenvalue weighted by Crippen LogP contribution is -2.54. The highest BCUT2D eigenvalue weighted by Crippen LogP contribution is 2.41. The number of hydrogen-bond acceptors (Lipinski definition) is 2. The average Bonchev–Trinajstić information content (AvgIpc) is 2.15. The minimum Gasteiger partial charge on any atom is -0.444 e. The van der Waals surface area contributed by atoms with E-state index in [0.29, 0.717) is 37.8 Å². The summed E-state index contributed by atoms with van der Waals surface area (Å²) >= 11 is 0. The zero-order valence-corrected chi connectivity index (χ0v) is 11.9. The summed E-state index contributed by atoms with van der Waals surface area (Å²) in [6.07, 6.45) is 0.880. The SMILES string of the molecule is CC(C)(C)OC(=O)N1CC(C2CCC(F)(F)CC2)C1. The van der Waals surface area contributed by atoms with Crippen LogP contribution in [0.4, 0.5) is 13.6 Å². The number of nitrogens with zero attached hydrogens (tertiary/aromatic N) is 1. The second-order valence-corrected chi connectivity index (χ2v) is 6.84. The maximum Gasteiger partial charge on any atom is 0.410 e. The highest BCUT2D eigenvalue weighted by Gasteiger charge is 2.43. The van der Waals surface area contributed by atoms with Gasteiger partial charge in [0.25, 0.3) is 0 Å². The molecule has 0 spiro atoms. The van der Waals surface area contributed by atoms with Gasteiger partial charge in [-0.1, -0.05) is 0 Å². The van der Waals surface area contributed by atoms with E-state index in [2.05, 4.69) is 0 Å². The topological polar surface area (TPSA) is 29.5 Å². The van der Waals surface area contributed by atoms with Crippen LogP contribution in [0.3, 0.4) is 0 Å². The molecule has 1 saturated heterocycles. The van der Waals surface area contributed by atoms with Crippen LogP contribution in [0.1, 0.15) is 46.5 Å². The Morgan fingerprint density at radius 2 is 1.68 bits per heavy atom. The van der Waals surface area contributed by atoms with Crippen molar-refractivity contribution in [3.8, 4) is 0 Å². The van der Waals surface area contributed by atoms with E-state index in [9.17, 15) is 13.6 Å². The number of alkyl halides is 2. The van der Waals surface area contributed by atoms with Gasteiger partial charge in [0.15, 0.2) is 0 Å². The monoisotopic (exact) mass is 275 g/mol. The second kappa shape index (κ2) is 4.91. The third kappa shape index (κ3) is 3.80. The van der Waals surface area contributed by atoms with Crippen LogP contribution in [0.5, 0.6) is 0 Å². The van der Waals surface area contributed by atoms with Gasteiger partial charge in [0.1, 0.15) is 5.60 Å². The summed E-state index contributed by atoms with van der Waals surface area (Å²) in [6.45, 7) is 6.83. The molecule has 0 bridgehead atoms. The summed E-state index contributed by atoms with van der Waals surface area (Å²) in [5.41, 5.74) is -0.477. The van der Waals surface area contributed by atoms with E-state index in [4.69, 9.17) is 4.74 Å². The van der Waals surface area contributed by atoms with Gasteiger partial charge in [-0.3, -0.25) is 0 Å². The number of rotatable bonds is 1. The van der Waals surface area contributed by atoms with Crippen LogP contribution in [-0.2, 0) is 4.74 Å². The minimum atomic E-state index is -2.47. The number of ether oxygens (including phenoxy) is 1. The molecule has 3 nitrogen and oxygen atoms in total. The van der Waals surface area contributed by atoms with Gasteiger partial charge in [-0.15, -0.1) is 0 Å². The van der Waals surface area contributed by atoms with Crippen LogP contribution >= 0.6 is 0 Å². The Morgan fingerprint density at radius 1 is 1.16 bits per heavy atom. The van der Waals surface area contributed by atoms with Crippen molar-refractivity contribution < 1.29 is 18.3 Å². The molecule has 5 heteroatoms. The van der Waals surface area contributed by atoms with Gasteiger partial charge in [0, 0.05) is 25.9 Å². The van der Waals surface area contributed by atoms with Crippen LogP contribution in [0.2, 0.25) is 0 Å². The van der Waals surface area contributed by atoms with Gasteiger partial charge in [0.2, 0.25) is 5.92 Å². The third-order valence-electron chi connectivity index (χ3n) is 3.99. The van der Waals surface area contributed by atoms with E-state index in [1.165, 1.54) is 0 Å². The summed E-state index contributed by atoms with van der Waals surface area (Å²) in [7, 11) is 0. The molecular formula is C14H23F2NO2. The fraction of sp³-hybridized carbons (Fsp3) is 0.929. The van der Waals surface area contributed by atoms with E-state index in [1.54, 1.807) is 4.90 Å². The van der Waals surface area contributed by atoms with E-state index >= 15 is 0 Å². The Hall–Kier alpha value is -0.870. The van der Waals surface area contributed by atoms with Crippen LogP contribution in [-0.4, -0.2) is 35.6 Å². The molecule has 0 aromatic carbocycles. The molecule has 2 aliphatic rings. The molecule has 0 atom stereocenters. The lowest BCUT2D eigenvalue weighted by molar-refractivity contribution is -0.0681. The van der Waals surface area contributed by atoms with Crippen molar-refractivity contribution in [1.29, 1.82) is 0 Å². The van der Waals surface area contributed by atoms with Crippen molar-refractivity contribution in [1.82, 2.24) is 4.90 Å². The summed E-state index contributed by atoms with van der Waals surface area (Å²) in [4.78, 5) is 13.4. The van der Waals surface area contributed by atoms with Crippen LogP contribution < -0.4 is 0 Å². The highest BCUT2D eigenvalue weighted by atomic mass is 19.3. The molecule has 2 rings (SSSR count). The highest BCUT2D eigenvalue weighted by molar-refractivity contribution is 5.69. The van der Waals surface area contributed by atoms with Gasteiger partial charge >= 0.3 is 6.09 Å². The Morgan fingerprint density at radius 3 is 2.16 bits per heavy atom. The predicted molar refractivity (Wildman–Crippen MR) is 68.2 cm³/mol. The number of halogens is 2. The number of carbonyl (C=O) groups excluding carboxylic acids is 1. The van der Waals surface area contributed by atoms with Gasteiger partial charge in [-0.2, -0.15) is 0 Å². The molecule has 1 aliphatic carbocycles. The van der Waals surface area contributed by atoms with Crippen LogP contribution in [0.25, 0.3) is 0 Å². The first-order chi connectivity index (χ1) is 8.66. The van der Waals surface area contributed by atoms with Gasteiger partial charge in [0.05, 0.1) is 0 Å². The molecule has 1 amide bonds. The van der Waals surface area contributed by atoms with E-state index < -0.39 is 11.5 Å². The van der Waals surface area contributed by atoms with Crippen molar-refractivity contribution in [2.24, 2.45) is 11.8 Å². The predicted octanol–water partition coefficient (Wildman–Crippen LogP) is 3.68. The molecule has 1 heterocycles. The number of likely N-dealkylation sites (tertiary alicyclic amines) is 1. The Kier molecular flexibility index (Phi) is 3.76. The summed E-state index contributed by atoms with van der Waals surface area (Å²) in [5.74, 6) is -1.74. The fourth-order valence-corrected chi connectivity index (χ4v) is 2.82. The first kappa shape index (κ1) is 14.5. The van der Waals surface area contributed by atoms with Crippen LogP contribution in [0.15, 0.2) is 0 Å². The summed E-state index contributed by atoms with van der Waals surface area (Å²) < 4.78 is 31.4. The van der Waals surface area contributed by atoms with Crippen molar-refractivity contribution in [3.63, 3.8) is 0 Å². The Labute approximate surface area is 113 Å². The van der Waals surface area contributed by atoms with Gasteiger partial charge < -0.3 is 9.64 Å². The number of amides is 1. The minimum absolute atomic E-state index is 0.000599. The molecule has 0 aromatic heterocycles. The summed E-state index contributed by atoms with van der Waals surface area (Å²) in [5, 5.41) is 0. The molecule has 0 unspecified atom stereocenters. The lowest BCUT2D eigenvalue weighted by atomic mass is 9.75. The summed E-state index contributed by atoms with van der Waals surface area (Å²) in [6, 6.07) is 0. The molecule has 110 valence electrons. The molecule has 1 saturated carbocycles. The van der Waals surface area contributed by atoms with Crippen molar-refractivity contribution in [2.75, 3.05) is 13.1 Å².